The predicted octanol–water partition coefficient (Wildman–Crippen LogP) is 5.02. The third-order valence-corrected chi connectivity index (χ3v) is 3.42. The summed E-state index contributed by atoms with van der Waals surface area (Å²) in [4.78, 5) is 4.44. The van der Waals surface area contributed by atoms with Crippen molar-refractivity contribution in [2.45, 2.75) is 39.5 Å². The lowest BCUT2D eigenvalue weighted by molar-refractivity contribution is 0.321. The van der Waals surface area contributed by atoms with E-state index in [2.05, 4.69) is 18.0 Å². The first-order chi connectivity index (χ1) is 10.2. The Morgan fingerprint density at radius 2 is 1.95 bits per heavy atom. The zero-order valence-corrected chi connectivity index (χ0v) is 12.7. The number of nitrogens with zero attached hydrogens (tertiary/aromatic N) is 1. The number of pyridine rings is 1. The van der Waals surface area contributed by atoms with Crippen LogP contribution in [0.2, 0.25) is 0 Å². The largest absolute Gasteiger partial charge is 0.491 e. The number of aromatic nitrogens is 1. The first-order valence-corrected chi connectivity index (χ1v) is 7.62. The summed E-state index contributed by atoms with van der Waals surface area (Å²) in [5.41, 5.74) is 2.80. The molecule has 0 saturated heterocycles. The van der Waals surface area contributed by atoms with Gasteiger partial charge >= 0.3 is 0 Å². The molecule has 0 saturated carbocycles. The minimum atomic E-state index is -0.344. The molecule has 2 rings (SSSR count). The highest BCUT2D eigenvalue weighted by atomic mass is 19.1. The van der Waals surface area contributed by atoms with Crippen molar-refractivity contribution in [3.05, 3.63) is 47.9 Å². The Kier molecular flexibility index (Phi) is 5.73. The van der Waals surface area contributed by atoms with E-state index in [4.69, 9.17) is 4.74 Å². The SMILES string of the molecule is CCCCCc1ccc(-c2ccc(OCC)c(F)c2)nc1. The van der Waals surface area contributed by atoms with Gasteiger partial charge in [0.25, 0.3) is 0 Å². The molecular weight excluding hydrogens is 265 g/mol. The van der Waals surface area contributed by atoms with Crippen LogP contribution in [0.1, 0.15) is 38.7 Å². The van der Waals surface area contributed by atoms with Gasteiger partial charge < -0.3 is 4.74 Å². The normalized spacial score (nSPS) is 10.6. The van der Waals surface area contributed by atoms with Crippen LogP contribution in [0.25, 0.3) is 11.3 Å². The van der Waals surface area contributed by atoms with E-state index in [1.165, 1.54) is 30.9 Å². The molecule has 0 N–H and O–H groups in total. The molecule has 0 unspecified atom stereocenters. The Morgan fingerprint density at radius 3 is 2.57 bits per heavy atom. The van der Waals surface area contributed by atoms with Crippen LogP contribution in [-0.4, -0.2) is 11.6 Å². The number of hydrogen-bond acceptors (Lipinski definition) is 2. The number of halogens is 1. The van der Waals surface area contributed by atoms with Gasteiger partial charge in [-0.05, 0) is 49.6 Å². The van der Waals surface area contributed by atoms with E-state index in [1.807, 2.05) is 25.3 Å². The van der Waals surface area contributed by atoms with Gasteiger partial charge in [-0.1, -0.05) is 25.8 Å². The van der Waals surface area contributed by atoms with Crippen molar-refractivity contribution in [1.29, 1.82) is 0 Å². The van der Waals surface area contributed by atoms with Gasteiger partial charge in [-0.2, -0.15) is 0 Å². The molecule has 2 aromatic rings. The maximum Gasteiger partial charge on any atom is 0.165 e. The van der Waals surface area contributed by atoms with E-state index >= 15 is 0 Å². The van der Waals surface area contributed by atoms with Gasteiger partial charge in [-0.3, -0.25) is 4.98 Å². The highest BCUT2D eigenvalue weighted by Crippen LogP contribution is 2.24. The average Bonchev–Trinajstić information content (AvgIpc) is 2.50. The van der Waals surface area contributed by atoms with Crippen LogP contribution in [0, 0.1) is 5.82 Å². The summed E-state index contributed by atoms with van der Waals surface area (Å²) in [6.45, 7) is 4.49. The first-order valence-electron chi connectivity index (χ1n) is 7.62. The molecule has 0 aliphatic rings. The van der Waals surface area contributed by atoms with Gasteiger partial charge in [-0.15, -0.1) is 0 Å². The fourth-order valence-electron chi connectivity index (χ4n) is 2.25. The molecule has 0 bridgehead atoms. The van der Waals surface area contributed by atoms with E-state index in [0.29, 0.717) is 6.61 Å². The molecule has 0 aliphatic heterocycles. The Morgan fingerprint density at radius 1 is 1.10 bits per heavy atom. The smallest absolute Gasteiger partial charge is 0.165 e. The topological polar surface area (TPSA) is 22.1 Å². The number of benzene rings is 1. The van der Waals surface area contributed by atoms with Crippen LogP contribution < -0.4 is 4.74 Å². The Balaban J connectivity index is 2.09. The quantitative estimate of drug-likeness (QED) is 0.667. The van der Waals surface area contributed by atoms with Gasteiger partial charge in [0.2, 0.25) is 0 Å². The Labute approximate surface area is 126 Å². The van der Waals surface area contributed by atoms with E-state index in [0.717, 1.165) is 17.7 Å². The molecule has 1 aromatic carbocycles. The highest BCUT2D eigenvalue weighted by Gasteiger charge is 2.06. The van der Waals surface area contributed by atoms with Gasteiger partial charge in [-0.25, -0.2) is 4.39 Å². The summed E-state index contributed by atoms with van der Waals surface area (Å²) < 4.78 is 19.1. The van der Waals surface area contributed by atoms with Crippen LogP contribution in [-0.2, 0) is 6.42 Å². The molecule has 0 aliphatic carbocycles. The van der Waals surface area contributed by atoms with Gasteiger partial charge in [0, 0.05) is 11.8 Å². The zero-order chi connectivity index (χ0) is 15.1. The lowest BCUT2D eigenvalue weighted by Gasteiger charge is -2.07. The maximum absolute atomic E-state index is 13.9. The molecule has 0 fully saturated rings. The molecule has 1 heterocycles. The molecule has 1 aromatic heterocycles. The molecular formula is C18H22FNO. The summed E-state index contributed by atoms with van der Waals surface area (Å²) in [5, 5.41) is 0. The molecule has 0 spiro atoms. The van der Waals surface area contributed by atoms with Crippen molar-refractivity contribution in [3.8, 4) is 17.0 Å². The van der Waals surface area contributed by atoms with Crippen LogP contribution in [0.15, 0.2) is 36.5 Å². The van der Waals surface area contributed by atoms with Crippen molar-refractivity contribution < 1.29 is 9.13 Å². The average molecular weight is 287 g/mol. The second-order valence-electron chi connectivity index (χ2n) is 5.09. The lowest BCUT2D eigenvalue weighted by atomic mass is 10.1. The fraction of sp³-hybridized carbons (Fsp3) is 0.389. The van der Waals surface area contributed by atoms with Crippen LogP contribution >= 0.6 is 0 Å². The minimum absolute atomic E-state index is 0.289. The molecule has 21 heavy (non-hydrogen) atoms. The number of unbranched alkanes of at least 4 members (excludes halogenated alkanes) is 2. The number of aryl methyl sites for hydroxylation is 1. The van der Waals surface area contributed by atoms with Crippen molar-refractivity contribution in [3.63, 3.8) is 0 Å². The van der Waals surface area contributed by atoms with Crippen molar-refractivity contribution in [2.24, 2.45) is 0 Å². The van der Waals surface area contributed by atoms with Gasteiger partial charge in [0.05, 0.1) is 12.3 Å². The predicted molar refractivity (Wildman–Crippen MR) is 84.0 cm³/mol. The standard InChI is InChI=1S/C18H22FNO/c1-3-5-6-7-14-8-10-17(20-13-14)15-9-11-18(21-4-2)16(19)12-15/h8-13H,3-7H2,1-2H3. The van der Waals surface area contributed by atoms with Crippen molar-refractivity contribution >= 4 is 0 Å². The summed E-state index contributed by atoms with van der Waals surface area (Å²) >= 11 is 0. The third-order valence-electron chi connectivity index (χ3n) is 3.42. The number of ether oxygens (including phenoxy) is 1. The summed E-state index contributed by atoms with van der Waals surface area (Å²) in [6.07, 6.45) is 6.59. The third kappa shape index (κ3) is 4.28. The highest BCUT2D eigenvalue weighted by molar-refractivity contribution is 5.60. The first kappa shape index (κ1) is 15.5. The van der Waals surface area contributed by atoms with Crippen LogP contribution in [0.5, 0.6) is 5.75 Å². The number of rotatable bonds is 7. The van der Waals surface area contributed by atoms with E-state index < -0.39 is 0 Å². The zero-order valence-electron chi connectivity index (χ0n) is 12.7. The lowest BCUT2D eigenvalue weighted by Crippen LogP contribution is -1.95. The van der Waals surface area contributed by atoms with E-state index in [-0.39, 0.29) is 11.6 Å². The summed E-state index contributed by atoms with van der Waals surface area (Å²) in [7, 11) is 0. The Bertz CT molecular complexity index is 566. The molecule has 0 radical (unpaired) electrons. The van der Waals surface area contributed by atoms with Crippen LogP contribution in [0.4, 0.5) is 4.39 Å². The molecule has 3 heteroatoms. The second-order valence-corrected chi connectivity index (χ2v) is 5.09. The molecule has 2 nitrogen and oxygen atoms in total. The van der Waals surface area contributed by atoms with E-state index in [1.54, 1.807) is 6.07 Å². The van der Waals surface area contributed by atoms with E-state index in [9.17, 15) is 4.39 Å². The summed E-state index contributed by atoms with van der Waals surface area (Å²) in [6, 6.07) is 9.00. The Hall–Kier alpha value is -1.90. The monoisotopic (exact) mass is 287 g/mol. The summed E-state index contributed by atoms with van der Waals surface area (Å²) in [5.74, 6) is -0.0550. The molecule has 0 amide bonds. The van der Waals surface area contributed by atoms with Crippen molar-refractivity contribution in [2.75, 3.05) is 6.61 Å². The second kappa shape index (κ2) is 7.77. The van der Waals surface area contributed by atoms with Gasteiger partial charge in [0.15, 0.2) is 11.6 Å². The minimum Gasteiger partial charge on any atom is -0.491 e. The molecule has 0 atom stereocenters. The van der Waals surface area contributed by atoms with Gasteiger partial charge in [0.1, 0.15) is 0 Å². The van der Waals surface area contributed by atoms with Crippen molar-refractivity contribution in [1.82, 2.24) is 4.98 Å². The molecule has 112 valence electrons. The van der Waals surface area contributed by atoms with Crippen LogP contribution in [0.3, 0.4) is 0 Å². The number of hydrogen-bond donors (Lipinski definition) is 0. The fourth-order valence-corrected chi connectivity index (χ4v) is 2.25. The maximum atomic E-state index is 13.9.